The summed E-state index contributed by atoms with van der Waals surface area (Å²) in [6.07, 6.45) is 1.23. The molecule has 0 N–H and O–H groups in total. The van der Waals surface area contributed by atoms with Gasteiger partial charge in [-0.1, -0.05) is 12.1 Å². The number of benzene rings is 3. The number of pyridine rings is 1. The van der Waals surface area contributed by atoms with Gasteiger partial charge in [0, 0.05) is 18.8 Å². The largest absolute Gasteiger partial charge is 0.493 e. The van der Waals surface area contributed by atoms with Gasteiger partial charge in [0.1, 0.15) is 16.5 Å². The Labute approximate surface area is 188 Å². The number of rotatable bonds is 6. The van der Waals surface area contributed by atoms with Crippen molar-refractivity contribution in [2.75, 3.05) is 14.2 Å². The molecule has 6 nitrogen and oxygen atoms in total. The van der Waals surface area contributed by atoms with Gasteiger partial charge in [-0.15, -0.1) is 0 Å². The summed E-state index contributed by atoms with van der Waals surface area (Å²) in [6.45, 7) is 0.151. The van der Waals surface area contributed by atoms with E-state index in [0.717, 1.165) is 24.3 Å². The molecule has 33 heavy (non-hydrogen) atoms. The fourth-order valence-electron chi connectivity index (χ4n) is 3.54. The number of fused-ring (bicyclic) bond motifs is 1. The molecule has 4 rings (SSSR count). The van der Waals surface area contributed by atoms with Gasteiger partial charge in [0.15, 0.2) is 11.5 Å². The second-order valence-electron chi connectivity index (χ2n) is 7.26. The van der Waals surface area contributed by atoms with E-state index in [0.29, 0.717) is 16.8 Å². The van der Waals surface area contributed by atoms with E-state index in [9.17, 15) is 22.0 Å². The van der Waals surface area contributed by atoms with Crippen LogP contribution >= 0.6 is 0 Å². The van der Waals surface area contributed by atoms with Crippen LogP contribution in [0.5, 0.6) is 11.5 Å². The first-order chi connectivity index (χ1) is 15.7. The van der Waals surface area contributed by atoms with Gasteiger partial charge in [0.2, 0.25) is 15.3 Å². The van der Waals surface area contributed by atoms with Crippen LogP contribution in [-0.2, 0) is 16.4 Å². The van der Waals surface area contributed by atoms with E-state index in [1.165, 1.54) is 38.6 Å². The van der Waals surface area contributed by atoms with Crippen LogP contribution in [0.1, 0.15) is 5.56 Å². The molecule has 4 aromatic rings. The monoisotopic (exact) mass is 471 g/mol. The van der Waals surface area contributed by atoms with Gasteiger partial charge in [-0.2, -0.15) is 0 Å². The van der Waals surface area contributed by atoms with Crippen LogP contribution in [0.3, 0.4) is 0 Å². The van der Waals surface area contributed by atoms with E-state index in [-0.39, 0.29) is 22.6 Å². The molecular weight excluding hydrogens is 452 g/mol. The summed E-state index contributed by atoms with van der Waals surface area (Å²) in [5.74, 6) is -0.398. The molecule has 0 fully saturated rings. The Hall–Kier alpha value is -3.72. The third-order valence-corrected chi connectivity index (χ3v) is 7.00. The van der Waals surface area contributed by atoms with Gasteiger partial charge < -0.3 is 14.0 Å². The fraction of sp³-hybridized carbons (Fsp3) is 0.125. The number of aromatic nitrogens is 1. The molecule has 1 heterocycles. The normalized spacial score (nSPS) is 11.5. The number of halogens is 2. The molecule has 170 valence electrons. The lowest BCUT2D eigenvalue weighted by molar-refractivity contribution is 0.355. The summed E-state index contributed by atoms with van der Waals surface area (Å²) in [7, 11) is -1.42. The van der Waals surface area contributed by atoms with Crippen molar-refractivity contribution in [3.05, 3.63) is 94.3 Å². The van der Waals surface area contributed by atoms with Gasteiger partial charge in [-0.25, -0.2) is 17.2 Å². The zero-order chi connectivity index (χ0) is 23.8. The zero-order valence-corrected chi connectivity index (χ0v) is 18.5. The minimum Gasteiger partial charge on any atom is -0.493 e. The fourth-order valence-corrected chi connectivity index (χ4v) is 4.91. The van der Waals surface area contributed by atoms with E-state index >= 15 is 0 Å². The van der Waals surface area contributed by atoms with E-state index in [1.54, 1.807) is 22.8 Å². The highest BCUT2D eigenvalue weighted by Gasteiger charge is 2.25. The van der Waals surface area contributed by atoms with Crippen LogP contribution in [0.4, 0.5) is 8.78 Å². The van der Waals surface area contributed by atoms with Gasteiger partial charge in [0.25, 0.3) is 0 Å². The summed E-state index contributed by atoms with van der Waals surface area (Å²) in [5, 5.41) is 0.0953. The standard InChI is InChI=1S/C24H19F2NO5S/c1-31-21-11-19-20(12-22(21)32-2)27(13-15-3-5-16(25)6-4-15)14-23(24(19)28)33(29,30)18-9-7-17(26)8-10-18/h3-12,14H,13H2,1-2H3. The maximum absolute atomic E-state index is 13.4. The van der Waals surface area contributed by atoms with Gasteiger partial charge in [-0.3, -0.25) is 4.79 Å². The van der Waals surface area contributed by atoms with Crippen molar-refractivity contribution in [2.45, 2.75) is 16.3 Å². The number of hydrogen-bond donors (Lipinski definition) is 0. The number of ether oxygens (including phenoxy) is 2. The van der Waals surface area contributed by atoms with Crippen molar-refractivity contribution in [1.82, 2.24) is 4.57 Å². The first-order valence-electron chi connectivity index (χ1n) is 9.79. The zero-order valence-electron chi connectivity index (χ0n) is 17.7. The van der Waals surface area contributed by atoms with Crippen LogP contribution in [-0.4, -0.2) is 27.2 Å². The van der Waals surface area contributed by atoms with Crippen molar-refractivity contribution in [1.29, 1.82) is 0 Å². The second-order valence-corrected chi connectivity index (χ2v) is 9.18. The molecular formula is C24H19F2NO5S. The lowest BCUT2D eigenvalue weighted by atomic mass is 10.1. The minimum absolute atomic E-state index is 0.0953. The first-order valence-corrected chi connectivity index (χ1v) is 11.3. The summed E-state index contributed by atoms with van der Waals surface area (Å²) in [4.78, 5) is 12.6. The molecule has 3 aromatic carbocycles. The molecule has 0 spiro atoms. The lowest BCUT2D eigenvalue weighted by Gasteiger charge is -2.16. The Morgan fingerprint density at radius 3 is 1.97 bits per heavy atom. The molecule has 0 saturated carbocycles. The highest BCUT2D eigenvalue weighted by Crippen LogP contribution is 2.32. The van der Waals surface area contributed by atoms with Crippen LogP contribution in [0.15, 0.2) is 81.4 Å². The van der Waals surface area contributed by atoms with E-state index < -0.39 is 31.8 Å². The predicted octanol–water partition coefficient (Wildman–Crippen LogP) is 4.18. The van der Waals surface area contributed by atoms with Crippen molar-refractivity contribution in [2.24, 2.45) is 0 Å². The molecule has 0 radical (unpaired) electrons. The molecule has 0 unspecified atom stereocenters. The SMILES string of the molecule is COc1cc2c(=O)c(S(=O)(=O)c3ccc(F)cc3)cn(Cc3ccc(F)cc3)c2cc1OC. The average molecular weight is 471 g/mol. The van der Waals surface area contributed by atoms with Crippen molar-refractivity contribution in [3.63, 3.8) is 0 Å². The summed E-state index contributed by atoms with van der Waals surface area (Å²) < 4.78 is 65.5. The highest BCUT2D eigenvalue weighted by atomic mass is 32.2. The van der Waals surface area contributed by atoms with Crippen LogP contribution in [0.2, 0.25) is 0 Å². The van der Waals surface area contributed by atoms with E-state index in [4.69, 9.17) is 9.47 Å². The maximum Gasteiger partial charge on any atom is 0.211 e. The third-order valence-electron chi connectivity index (χ3n) is 5.23. The molecule has 1 aromatic heterocycles. The van der Waals surface area contributed by atoms with Gasteiger partial charge >= 0.3 is 0 Å². The number of hydrogen-bond acceptors (Lipinski definition) is 5. The van der Waals surface area contributed by atoms with Crippen molar-refractivity contribution in [3.8, 4) is 11.5 Å². The van der Waals surface area contributed by atoms with E-state index in [2.05, 4.69) is 0 Å². The maximum atomic E-state index is 13.4. The van der Waals surface area contributed by atoms with Crippen LogP contribution < -0.4 is 14.9 Å². The number of methoxy groups -OCH3 is 2. The molecule has 0 saturated heterocycles. The van der Waals surface area contributed by atoms with Crippen LogP contribution in [0, 0.1) is 11.6 Å². The molecule has 0 aliphatic rings. The number of sulfone groups is 1. The predicted molar refractivity (Wildman–Crippen MR) is 119 cm³/mol. The van der Waals surface area contributed by atoms with Crippen molar-refractivity contribution >= 4 is 20.7 Å². The average Bonchev–Trinajstić information content (AvgIpc) is 2.81. The Morgan fingerprint density at radius 2 is 1.39 bits per heavy atom. The topological polar surface area (TPSA) is 74.6 Å². The number of nitrogens with zero attached hydrogens (tertiary/aromatic N) is 1. The molecule has 0 bridgehead atoms. The first kappa shape index (κ1) is 22.5. The Bertz CT molecular complexity index is 1500. The third kappa shape index (κ3) is 4.19. The summed E-state index contributed by atoms with van der Waals surface area (Å²) in [6, 6.07) is 12.9. The quantitative estimate of drug-likeness (QED) is 0.395. The molecule has 0 aliphatic heterocycles. The van der Waals surface area contributed by atoms with E-state index in [1.807, 2.05) is 0 Å². The Morgan fingerprint density at radius 1 is 0.848 bits per heavy atom. The highest BCUT2D eigenvalue weighted by molar-refractivity contribution is 7.91. The Balaban J connectivity index is 2.01. The second kappa shape index (κ2) is 8.67. The smallest absolute Gasteiger partial charge is 0.211 e. The molecule has 0 amide bonds. The molecule has 0 atom stereocenters. The van der Waals surface area contributed by atoms with Crippen LogP contribution in [0.25, 0.3) is 10.9 Å². The van der Waals surface area contributed by atoms with Gasteiger partial charge in [0.05, 0.1) is 30.0 Å². The van der Waals surface area contributed by atoms with Gasteiger partial charge in [-0.05, 0) is 48.0 Å². The minimum atomic E-state index is -4.27. The molecule has 9 heteroatoms. The molecule has 0 aliphatic carbocycles. The Kier molecular flexibility index (Phi) is 5.90. The summed E-state index contributed by atoms with van der Waals surface area (Å²) >= 11 is 0. The summed E-state index contributed by atoms with van der Waals surface area (Å²) in [5.41, 5.74) is 0.354. The van der Waals surface area contributed by atoms with Crippen molar-refractivity contribution < 1.29 is 26.7 Å². The lowest BCUT2D eigenvalue weighted by Crippen LogP contribution is -2.20.